The molecule has 7 N–H and O–H groups in total. The number of rotatable bonds is 18. The highest BCUT2D eigenvalue weighted by atomic mass is 32.1. The summed E-state index contributed by atoms with van der Waals surface area (Å²) in [6.45, 7) is 4.95. The Morgan fingerprint density at radius 1 is 0.787 bits per heavy atom. The van der Waals surface area contributed by atoms with E-state index < -0.39 is 5.41 Å². The number of oxime groups is 1. The van der Waals surface area contributed by atoms with Crippen LogP contribution < -0.4 is 11.5 Å². The van der Waals surface area contributed by atoms with Gasteiger partial charge in [0.1, 0.15) is 17.5 Å². The lowest BCUT2D eigenvalue weighted by atomic mass is 9.71. The fraction of sp³-hybridized carbons (Fsp3) is 0.846. The summed E-state index contributed by atoms with van der Waals surface area (Å²) in [5.41, 5.74) is 10.5. The van der Waals surface area contributed by atoms with Gasteiger partial charge in [0, 0.05) is 56.7 Å². The van der Waals surface area contributed by atoms with Gasteiger partial charge in [0.05, 0.1) is 6.07 Å². The third kappa shape index (κ3) is 19.5. The number of hydrogen-bond donors (Lipinski definition) is 5. The van der Waals surface area contributed by atoms with E-state index in [0.717, 1.165) is 134 Å². The Hall–Kier alpha value is -4.36. The molecule has 2 aromatic heterocycles. The van der Waals surface area contributed by atoms with Crippen LogP contribution in [0.5, 0.6) is 0 Å². The zero-order valence-electron chi connectivity index (χ0n) is 35.9. The lowest BCUT2D eigenvalue weighted by molar-refractivity contribution is -0.499. The molecule has 0 amide bonds. The molecule has 0 unspecified atom stereocenters. The van der Waals surface area contributed by atoms with Crippen LogP contribution in [0.3, 0.4) is 0 Å². The summed E-state index contributed by atoms with van der Waals surface area (Å²) >= 11 is 9.63. The highest BCUT2D eigenvalue weighted by Gasteiger charge is 2.40. The second-order valence-electron chi connectivity index (χ2n) is 17.4. The number of amidine groups is 1. The first kappa shape index (κ1) is 52.8. The molecule has 20 nitrogen and oxygen atoms in total. The molecule has 3 saturated carbocycles. The fourth-order valence-corrected chi connectivity index (χ4v) is 9.81. The molecule has 2 aromatic rings. The summed E-state index contributed by atoms with van der Waals surface area (Å²) in [6, 6.07) is 2.08. The van der Waals surface area contributed by atoms with Gasteiger partial charge in [0.15, 0.2) is 0 Å². The summed E-state index contributed by atoms with van der Waals surface area (Å²) in [4.78, 5) is 39.7. The minimum absolute atomic E-state index is 0.000458. The molecular formula is C39H67N11O9S2. The van der Waals surface area contributed by atoms with Crippen molar-refractivity contribution in [2.24, 2.45) is 38.3 Å². The minimum Gasteiger partial charge on any atom is -0.409 e. The average Bonchev–Trinajstić information content (AvgIpc) is 3.81. The molecule has 3 aliphatic carbocycles. The standard InChI is InChI=1S/C11H21N3OS.C10H15N3O3S.C9H17N3O3.C9H14N2O2/c1-3-5-11(8-12,6-4-2)7-9-13-10(16)15-14-9;14-13(15)7-10(4-2-1-3-5-10)6-8-11-9(17)16-12-8;10-8(11-13)6-9(7-12(14)15)4-2-1-3-5-9;10-7-6-9(8-11(12)13)4-2-1-3-5-9/h3-8,12H2,1-2H3,(H,13,14,16);1-7H2,(H,11,12,17);13H,1-7H2,(H2,10,11);1-6,8H2. The molecule has 61 heavy (non-hydrogen) atoms. The first-order valence-corrected chi connectivity index (χ1v) is 22.3. The fourth-order valence-electron chi connectivity index (χ4n) is 9.50. The van der Waals surface area contributed by atoms with E-state index in [4.69, 9.17) is 55.4 Å². The molecule has 3 aliphatic rings. The number of H-pyrrole nitrogens is 2. The molecular weight excluding hydrogens is 831 g/mol. The molecule has 3 fully saturated rings. The van der Waals surface area contributed by atoms with Crippen molar-refractivity contribution in [2.45, 2.75) is 162 Å². The van der Waals surface area contributed by atoms with Crippen molar-refractivity contribution in [3.8, 4) is 6.07 Å². The van der Waals surface area contributed by atoms with E-state index in [9.17, 15) is 30.3 Å². The van der Waals surface area contributed by atoms with Crippen LogP contribution in [-0.4, -0.2) is 72.3 Å². The maximum Gasteiger partial charge on any atom is 0.314 e. The molecule has 0 bridgehead atoms. The smallest absolute Gasteiger partial charge is 0.314 e. The summed E-state index contributed by atoms with van der Waals surface area (Å²) in [5, 5.41) is 57.3. The number of nitrogens with zero attached hydrogens (tertiary/aromatic N) is 7. The summed E-state index contributed by atoms with van der Waals surface area (Å²) in [5.74, 6) is 1.54. The molecule has 0 atom stereocenters. The van der Waals surface area contributed by atoms with E-state index in [1.807, 2.05) is 0 Å². The van der Waals surface area contributed by atoms with Crippen molar-refractivity contribution in [3.63, 3.8) is 0 Å². The van der Waals surface area contributed by atoms with Gasteiger partial charge in [0.25, 0.3) is 0 Å². The van der Waals surface area contributed by atoms with Gasteiger partial charge in [-0.05, 0) is 87.8 Å². The Kier molecular flexibility index (Phi) is 23.2. The monoisotopic (exact) mass is 897 g/mol. The zero-order chi connectivity index (χ0) is 45.4. The molecule has 0 saturated heterocycles. The predicted molar refractivity (Wildman–Crippen MR) is 232 cm³/mol. The number of nitrogens with one attached hydrogen (secondary N) is 2. The highest BCUT2D eigenvalue weighted by Crippen LogP contribution is 2.41. The Bertz CT molecular complexity index is 1800. The molecule has 0 aliphatic heterocycles. The SMILES string of the molecule is CCCC(CN)(CCC)Cc1nc(=S)o[nH]1.N#CCC1(C[N+](=O)[O-])CCCCC1.N/C(CC1(C[N+](=O)[O-])CCCCC1)=N\O.O=[N+]([O-])CC1(Cc2nc(=S)o[nH]2)CCCCC1. The molecule has 0 aromatic carbocycles. The first-order valence-electron chi connectivity index (χ1n) is 21.5. The van der Waals surface area contributed by atoms with Gasteiger partial charge < -0.3 is 25.7 Å². The number of aromatic amines is 2. The molecule has 0 spiro atoms. The van der Waals surface area contributed by atoms with E-state index in [-0.39, 0.29) is 66.2 Å². The number of hydrogen-bond acceptors (Lipinski definition) is 16. The number of nitriles is 1. The lowest BCUT2D eigenvalue weighted by Crippen LogP contribution is -2.36. The van der Waals surface area contributed by atoms with Crippen molar-refractivity contribution in [1.82, 2.24) is 20.3 Å². The average molecular weight is 898 g/mol. The first-order chi connectivity index (χ1) is 29.0. The Morgan fingerprint density at radius 2 is 1.20 bits per heavy atom. The van der Waals surface area contributed by atoms with Crippen molar-refractivity contribution in [3.05, 3.63) is 51.7 Å². The lowest BCUT2D eigenvalue weighted by Gasteiger charge is -2.33. The van der Waals surface area contributed by atoms with Crippen LogP contribution in [0.2, 0.25) is 0 Å². The Labute approximate surface area is 367 Å². The Balaban J connectivity index is 0.000000281. The zero-order valence-corrected chi connectivity index (χ0v) is 37.5. The van der Waals surface area contributed by atoms with Gasteiger partial charge in [0.2, 0.25) is 19.6 Å². The maximum absolute atomic E-state index is 10.8. The minimum atomic E-state index is -0.391. The second-order valence-corrected chi connectivity index (χ2v) is 18.1. The van der Waals surface area contributed by atoms with Gasteiger partial charge in [-0.3, -0.25) is 30.3 Å². The van der Waals surface area contributed by atoms with Crippen molar-refractivity contribution in [2.75, 3.05) is 26.2 Å². The van der Waals surface area contributed by atoms with Gasteiger partial charge >= 0.3 is 9.67 Å². The van der Waals surface area contributed by atoms with E-state index in [2.05, 4.69) is 45.4 Å². The third-order valence-electron chi connectivity index (χ3n) is 12.3. The quantitative estimate of drug-likeness (QED) is 0.0233. The number of nitrogens with two attached hydrogens (primary N) is 2. The molecule has 2 heterocycles. The Morgan fingerprint density at radius 3 is 1.57 bits per heavy atom. The normalized spacial score (nSPS) is 18.0. The van der Waals surface area contributed by atoms with Crippen molar-refractivity contribution in [1.29, 1.82) is 5.26 Å². The highest BCUT2D eigenvalue weighted by molar-refractivity contribution is 7.71. The predicted octanol–water partition coefficient (Wildman–Crippen LogP) is 8.80. The van der Waals surface area contributed by atoms with E-state index in [0.29, 0.717) is 31.6 Å². The summed E-state index contributed by atoms with van der Waals surface area (Å²) in [7, 11) is 0. The maximum atomic E-state index is 10.8. The number of aromatic nitrogens is 4. The van der Waals surface area contributed by atoms with Gasteiger partial charge in [-0.15, -0.1) is 0 Å². The third-order valence-corrected chi connectivity index (χ3v) is 12.7. The van der Waals surface area contributed by atoms with Crippen molar-refractivity contribution < 1.29 is 29.0 Å². The van der Waals surface area contributed by atoms with Crippen LogP contribution in [0.4, 0.5) is 0 Å². The van der Waals surface area contributed by atoms with E-state index in [1.54, 1.807) is 0 Å². The van der Waals surface area contributed by atoms with Gasteiger partial charge in [-0.25, -0.2) is 10.3 Å². The second kappa shape index (κ2) is 26.9. The molecule has 5 rings (SSSR count). The van der Waals surface area contributed by atoms with E-state index in [1.165, 1.54) is 0 Å². The van der Waals surface area contributed by atoms with Crippen LogP contribution in [-0.2, 0) is 12.8 Å². The van der Waals surface area contributed by atoms with Crippen LogP contribution in [0.15, 0.2) is 14.2 Å². The van der Waals surface area contributed by atoms with E-state index >= 15 is 0 Å². The van der Waals surface area contributed by atoms with Gasteiger partial charge in [-0.2, -0.15) is 15.2 Å². The van der Waals surface area contributed by atoms with Crippen LogP contribution in [0.25, 0.3) is 0 Å². The molecule has 22 heteroatoms. The van der Waals surface area contributed by atoms with Crippen molar-refractivity contribution >= 4 is 30.3 Å². The topological polar surface area (TPSA) is 321 Å². The van der Waals surface area contributed by atoms with Crippen LogP contribution in [0, 0.1) is 73.0 Å². The van der Waals surface area contributed by atoms with Crippen LogP contribution >= 0.6 is 24.4 Å². The van der Waals surface area contributed by atoms with Gasteiger partial charge in [-0.1, -0.05) is 89.6 Å². The van der Waals surface area contributed by atoms with Crippen LogP contribution in [0.1, 0.15) is 160 Å². The molecule has 0 radical (unpaired) electrons. The summed E-state index contributed by atoms with van der Waals surface area (Å²) < 4.78 is 9.81. The largest absolute Gasteiger partial charge is 0.409 e. The molecule has 344 valence electrons. The summed E-state index contributed by atoms with van der Waals surface area (Å²) in [6.07, 6.45) is 21.2. The number of nitro groups is 3.